The number of furan rings is 1. The van der Waals surface area contributed by atoms with Gasteiger partial charge < -0.3 is 20.0 Å². The molecule has 2 N–H and O–H groups in total. The molecule has 31 heavy (non-hydrogen) atoms. The predicted octanol–water partition coefficient (Wildman–Crippen LogP) is 5.14. The lowest BCUT2D eigenvalue weighted by molar-refractivity contribution is -0.137. The molecule has 0 radical (unpaired) electrons. The van der Waals surface area contributed by atoms with Crippen LogP contribution in [0.5, 0.6) is 0 Å². The number of carbonyl (C=O) groups is 2. The van der Waals surface area contributed by atoms with Crippen LogP contribution in [-0.4, -0.2) is 23.4 Å². The van der Waals surface area contributed by atoms with E-state index in [0.717, 1.165) is 23.3 Å². The van der Waals surface area contributed by atoms with Crippen LogP contribution in [0.15, 0.2) is 65.3 Å². The first kappa shape index (κ1) is 20.5. The van der Waals surface area contributed by atoms with Crippen LogP contribution in [0.2, 0.25) is 0 Å². The van der Waals surface area contributed by atoms with E-state index in [2.05, 4.69) is 10.6 Å². The summed E-state index contributed by atoms with van der Waals surface area (Å²) in [6, 6.07) is 12.3. The molecule has 2 aromatic carbocycles. The van der Waals surface area contributed by atoms with E-state index in [9.17, 15) is 22.8 Å². The molecular weight excluding hydrogens is 411 g/mol. The van der Waals surface area contributed by atoms with Crippen molar-refractivity contribution in [2.75, 3.05) is 17.2 Å². The van der Waals surface area contributed by atoms with Crippen molar-refractivity contribution in [3.8, 4) is 0 Å². The van der Waals surface area contributed by atoms with Crippen LogP contribution in [0.1, 0.15) is 27.2 Å². The Morgan fingerprint density at radius 1 is 0.935 bits per heavy atom. The molecule has 9 heteroatoms. The Kier molecular flexibility index (Phi) is 5.41. The summed E-state index contributed by atoms with van der Waals surface area (Å²) in [6.07, 6.45) is -2.39. The number of urea groups is 1. The molecular formula is C22H18F3N3O3. The van der Waals surface area contributed by atoms with Crippen molar-refractivity contribution >= 4 is 23.3 Å². The number of fused-ring (bicyclic) bond motifs is 1. The van der Waals surface area contributed by atoms with Gasteiger partial charge in [0.25, 0.3) is 5.91 Å². The molecule has 3 aromatic rings. The maximum atomic E-state index is 12.8. The van der Waals surface area contributed by atoms with Crippen molar-refractivity contribution in [1.29, 1.82) is 0 Å². The molecule has 0 bridgehead atoms. The third-order valence-corrected chi connectivity index (χ3v) is 4.94. The summed E-state index contributed by atoms with van der Waals surface area (Å²) < 4.78 is 43.7. The fraction of sp³-hybridized carbons (Fsp3) is 0.182. The quantitative estimate of drug-likeness (QED) is 0.605. The van der Waals surface area contributed by atoms with E-state index in [-0.39, 0.29) is 17.4 Å². The maximum Gasteiger partial charge on any atom is 0.416 e. The van der Waals surface area contributed by atoms with Gasteiger partial charge in [-0.2, -0.15) is 13.2 Å². The zero-order chi connectivity index (χ0) is 22.0. The summed E-state index contributed by atoms with van der Waals surface area (Å²) in [5, 5.41) is 5.02. The second-order valence-corrected chi connectivity index (χ2v) is 7.10. The molecule has 2 heterocycles. The van der Waals surface area contributed by atoms with Crippen LogP contribution in [0, 0.1) is 0 Å². The lowest BCUT2D eigenvalue weighted by Crippen LogP contribution is -2.35. The van der Waals surface area contributed by atoms with Crippen molar-refractivity contribution in [3.63, 3.8) is 0 Å². The molecule has 0 saturated heterocycles. The Balaban J connectivity index is 1.43. The zero-order valence-corrected chi connectivity index (χ0v) is 16.2. The number of anilines is 2. The minimum absolute atomic E-state index is 0.0282. The number of hydrogen-bond acceptors (Lipinski definition) is 3. The predicted molar refractivity (Wildman–Crippen MR) is 108 cm³/mol. The number of benzene rings is 2. The number of alkyl halides is 3. The van der Waals surface area contributed by atoms with Crippen LogP contribution in [0.3, 0.4) is 0 Å². The Hall–Kier alpha value is -3.75. The summed E-state index contributed by atoms with van der Waals surface area (Å²) in [6.45, 7) is 0.912. The van der Waals surface area contributed by atoms with Crippen LogP contribution in [0.25, 0.3) is 0 Å². The minimum atomic E-state index is -4.49. The molecule has 0 fully saturated rings. The topological polar surface area (TPSA) is 74.6 Å². The van der Waals surface area contributed by atoms with Gasteiger partial charge in [-0.1, -0.05) is 12.1 Å². The summed E-state index contributed by atoms with van der Waals surface area (Å²) in [5.74, 6) is 0.0505. The number of amides is 3. The zero-order valence-electron chi connectivity index (χ0n) is 16.2. The van der Waals surface area contributed by atoms with Gasteiger partial charge in [-0.25, -0.2) is 4.79 Å². The standard InChI is InChI=1S/C22H18F3N3O3/c23-22(24,25)16-3-1-4-17(12-16)26-21(30)27-18-7-6-14-8-9-28(13-15(14)11-18)20(29)19-5-2-10-31-19/h1-7,10-12H,8-9,13H2,(H2,26,27,30). The molecule has 0 atom stereocenters. The number of halogens is 3. The van der Waals surface area contributed by atoms with Crippen molar-refractivity contribution in [3.05, 3.63) is 83.3 Å². The van der Waals surface area contributed by atoms with E-state index in [1.165, 1.54) is 18.4 Å². The van der Waals surface area contributed by atoms with Crippen molar-refractivity contribution < 1.29 is 27.2 Å². The highest BCUT2D eigenvalue weighted by Crippen LogP contribution is 2.30. The van der Waals surface area contributed by atoms with E-state index in [1.54, 1.807) is 29.2 Å². The molecule has 1 aliphatic rings. The SMILES string of the molecule is O=C(Nc1cccc(C(F)(F)F)c1)Nc1ccc2c(c1)CN(C(=O)c1ccco1)CC2. The van der Waals surface area contributed by atoms with E-state index in [0.29, 0.717) is 25.2 Å². The summed E-state index contributed by atoms with van der Waals surface area (Å²) in [5.41, 5.74) is 1.59. The molecule has 6 nitrogen and oxygen atoms in total. The maximum absolute atomic E-state index is 12.8. The summed E-state index contributed by atoms with van der Waals surface area (Å²) >= 11 is 0. The van der Waals surface area contributed by atoms with Crippen molar-refractivity contribution in [2.24, 2.45) is 0 Å². The summed E-state index contributed by atoms with van der Waals surface area (Å²) in [7, 11) is 0. The fourth-order valence-corrected chi connectivity index (χ4v) is 3.43. The Labute approximate surface area is 175 Å². The van der Waals surface area contributed by atoms with Crippen LogP contribution in [0.4, 0.5) is 29.3 Å². The molecule has 160 valence electrons. The highest BCUT2D eigenvalue weighted by atomic mass is 19.4. The van der Waals surface area contributed by atoms with E-state index in [4.69, 9.17) is 4.42 Å². The van der Waals surface area contributed by atoms with Gasteiger partial charge >= 0.3 is 12.2 Å². The number of carbonyl (C=O) groups excluding carboxylic acids is 2. The molecule has 0 spiro atoms. The van der Waals surface area contributed by atoms with Gasteiger partial charge in [-0.15, -0.1) is 0 Å². The molecule has 0 aliphatic carbocycles. The Morgan fingerprint density at radius 2 is 1.71 bits per heavy atom. The van der Waals surface area contributed by atoms with Gasteiger partial charge in [-0.3, -0.25) is 4.79 Å². The number of nitrogens with one attached hydrogen (secondary N) is 2. The van der Waals surface area contributed by atoms with Crippen LogP contribution >= 0.6 is 0 Å². The minimum Gasteiger partial charge on any atom is -0.459 e. The van der Waals surface area contributed by atoms with E-state index >= 15 is 0 Å². The first-order valence-electron chi connectivity index (χ1n) is 9.49. The first-order valence-corrected chi connectivity index (χ1v) is 9.49. The van der Waals surface area contributed by atoms with Gasteiger partial charge in [0, 0.05) is 24.5 Å². The number of nitrogens with zero attached hydrogens (tertiary/aromatic N) is 1. The van der Waals surface area contributed by atoms with Gasteiger partial charge in [0.05, 0.1) is 11.8 Å². The molecule has 0 unspecified atom stereocenters. The molecule has 1 aromatic heterocycles. The first-order chi connectivity index (χ1) is 14.8. The molecule has 4 rings (SSSR count). The molecule has 1 aliphatic heterocycles. The lowest BCUT2D eigenvalue weighted by Gasteiger charge is -2.28. The molecule has 3 amide bonds. The average molecular weight is 429 g/mol. The second kappa shape index (κ2) is 8.17. The number of hydrogen-bond donors (Lipinski definition) is 2. The van der Waals surface area contributed by atoms with Gasteiger partial charge in [0.1, 0.15) is 0 Å². The van der Waals surface area contributed by atoms with Crippen molar-refractivity contribution in [1.82, 2.24) is 4.90 Å². The Morgan fingerprint density at radius 3 is 2.42 bits per heavy atom. The highest BCUT2D eigenvalue weighted by Gasteiger charge is 2.30. The molecule has 0 saturated carbocycles. The van der Waals surface area contributed by atoms with Gasteiger partial charge in [0.15, 0.2) is 5.76 Å². The van der Waals surface area contributed by atoms with Crippen molar-refractivity contribution in [2.45, 2.75) is 19.1 Å². The van der Waals surface area contributed by atoms with Crippen LogP contribution < -0.4 is 10.6 Å². The average Bonchev–Trinajstić information content (AvgIpc) is 3.27. The van der Waals surface area contributed by atoms with Gasteiger partial charge in [-0.05, 0) is 60.0 Å². The third kappa shape index (κ3) is 4.71. The van der Waals surface area contributed by atoms with E-state index < -0.39 is 17.8 Å². The monoisotopic (exact) mass is 429 g/mol. The summed E-state index contributed by atoms with van der Waals surface area (Å²) in [4.78, 5) is 26.4. The normalized spacial score (nSPS) is 13.5. The number of rotatable bonds is 3. The third-order valence-electron chi connectivity index (χ3n) is 4.94. The largest absolute Gasteiger partial charge is 0.459 e. The smallest absolute Gasteiger partial charge is 0.416 e. The van der Waals surface area contributed by atoms with Gasteiger partial charge in [0.2, 0.25) is 0 Å². The highest BCUT2D eigenvalue weighted by molar-refractivity contribution is 6.00. The van der Waals surface area contributed by atoms with Crippen LogP contribution in [-0.2, 0) is 19.1 Å². The Bertz CT molecular complexity index is 1110. The lowest BCUT2D eigenvalue weighted by atomic mass is 9.99. The second-order valence-electron chi connectivity index (χ2n) is 7.10. The fourth-order valence-electron chi connectivity index (χ4n) is 3.43. The van der Waals surface area contributed by atoms with E-state index in [1.807, 2.05) is 6.07 Å².